The fraction of sp³-hybridized carbons (Fsp3) is 0.500. The molecule has 10 heteroatoms. The number of ether oxygens (including phenoxy) is 3. The van der Waals surface area contributed by atoms with E-state index in [1.54, 1.807) is 26.2 Å². The van der Waals surface area contributed by atoms with E-state index in [-0.39, 0.29) is 23.6 Å². The number of nitrogens with one attached hydrogen (secondary N) is 1. The summed E-state index contributed by atoms with van der Waals surface area (Å²) in [5, 5.41) is 9.07. The summed E-state index contributed by atoms with van der Waals surface area (Å²) in [6, 6.07) is 11.8. The lowest BCUT2D eigenvalue weighted by atomic mass is 9.73. The lowest BCUT2D eigenvalue weighted by Gasteiger charge is -2.60. The van der Waals surface area contributed by atoms with Gasteiger partial charge in [-0.05, 0) is 63.9 Å². The molecule has 3 heterocycles. The molecule has 2 fully saturated rings. The van der Waals surface area contributed by atoms with Crippen LogP contribution in [0, 0.1) is 5.41 Å². The van der Waals surface area contributed by atoms with Gasteiger partial charge in [-0.15, -0.1) is 0 Å². The van der Waals surface area contributed by atoms with Crippen molar-refractivity contribution < 1.29 is 23.8 Å². The van der Waals surface area contributed by atoms with Crippen molar-refractivity contribution in [2.45, 2.75) is 45.8 Å². The highest BCUT2D eigenvalue weighted by atomic mass is 16.6. The Hall–Kier alpha value is -3.95. The number of nitrogens with zero attached hydrogens (tertiary/aromatic N) is 4. The van der Waals surface area contributed by atoms with E-state index in [1.165, 1.54) is 5.01 Å². The van der Waals surface area contributed by atoms with E-state index in [0.29, 0.717) is 23.6 Å². The molecule has 0 bridgehead atoms. The number of carbonyl (C=O) groups is 2. The molecule has 3 aliphatic rings. The van der Waals surface area contributed by atoms with Crippen LogP contribution >= 0.6 is 0 Å². The van der Waals surface area contributed by atoms with Crippen LogP contribution in [0.2, 0.25) is 0 Å². The Balaban J connectivity index is 1.36. The first-order chi connectivity index (χ1) is 19.0. The van der Waals surface area contributed by atoms with Gasteiger partial charge in [0.15, 0.2) is 11.5 Å². The van der Waals surface area contributed by atoms with Crippen LogP contribution in [-0.2, 0) is 11.2 Å². The Bertz CT molecular complexity index is 1320. The molecule has 214 valence electrons. The number of rotatable bonds is 4. The molecule has 2 aromatic carbocycles. The highest BCUT2D eigenvalue weighted by molar-refractivity contribution is 6.14. The fourth-order valence-corrected chi connectivity index (χ4v) is 5.74. The molecule has 0 aliphatic carbocycles. The van der Waals surface area contributed by atoms with Gasteiger partial charge < -0.3 is 29.3 Å². The van der Waals surface area contributed by atoms with Crippen molar-refractivity contribution in [1.29, 1.82) is 0 Å². The number of urea groups is 1. The number of fused-ring (bicyclic) bond motifs is 1. The Morgan fingerprint density at radius 3 is 2.20 bits per heavy atom. The van der Waals surface area contributed by atoms with E-state index >= 15 is 0 Å². The van der Waals surface area contributed by atoms with Gasteiger partial charge in [0.1, 0.15) is 5.60 Å². The molecule has 1 spiro atoms. The molecule has 3 aliphatic heterocycles. The predicted molar refractivity (Wildman–Crippen MR) is 154 cm³/mol. The van der Waals surface area contributed by atoms with Gasteiger partial charge in [0.05, 0.1) is 26.0 Å². The third kappa shape index (κ3) is 5.14. The molecular formula is C30H39N5O5. The molecule has 1 atom stereocenters. The number of benzene rings is 2. The number of anilines is 1. The third-order valence-corrected chi connectivity index (χ3v) is 7.69. The standard InChI is InChI=1S/C30H39N5O5/c1-19-12-21-13-24(38-6)25(39-7)14-23(21)26(32-35(19)27(36)31-5)20-8-10-22(11-9-20)33-15-30(16-33)17-34(18-30)28(37)40-29(2,3)4/h8-11,13-14,19H,12,15-18H2,1-7H3,(H,31,36). The van der Waals surface area contributed by atoms with Gasteiger partial charge in [-0.3, -0.25) is 0 Å². The molecule has 5 rings (SSSR count). The minimum absolute atomic E-state index is 0.139. The molecule has 0 saturated carbocycles. The summed E-state index contributed by atoms with van der Waals surface area (Å²) >= 11 is 0. The maximum Gasteiger partial charge on any atom is 0.410 e. The normalized spacial score (nSPS) is 19.5. The Morgan fingerprint density at radius 2 is 1.62 bits per heavy atom. The van der Waals surface area contributed by atoms with Gasteiger partial charge in [0.2, 0.25) is 0 Å². The zero-order valence-corrected chi connectivity index (χ0v) is 24.4. The number of amides is 3. The first-order valence-corrected chi connectivity index (χ1v) is 13.6. The molecule has 0 aromatic heterocycles. The smallest absolute Gasteiger partial charge is 0.410 e. The van der Waals surface area contributed by atoms with E-state index in [1.807, 2.05) is 52.0 Å². The summed E-state index contributed by atoms with van der Waals surface area (Å²) in [5.74, 6) is 1.25. The van der Waals surface area contributed by atoms with E-state index < -0.39 is 5.60 Å². The van der Waals surface area contributed by atoms with Crippen LogP contribution in [0.25, 0.3) is 0 Å². The van der Waals surface area contributed by atoms with Gasteiger partial charge in [-0.25, -0.2) is 14.6 Å². The topological polar surface area (TPSA) is 95.9 Å². The van der Waals surface area contributed by atoms with Crippen molar-refractivity contribution >= 4 is 23.5 Å². The molecule has 2 aromatic rings. The molecule has 3 amide bonds. The lowest BCUT2D eigenvalue weighted by molar-refractivity contribution is -0.0453. The first kappa shape index (κ1) is 27.6. The summed E-state index contributed by atoms with van der Waals surface area (Å²) in [5.41, 5.74) is 4.30. The molecule has 0 radical (unpaired) electrons. The number of carbonyl (C=O) groups excluding carboxylic acids is 2. The second-order valence-corrected chi connectivity index (χ2v) is 12.0. The van der Waals surface area contributed by atoms with Crippen molar-refractivity contribution in [2.24, 2.45) is 10.5 Å². The summed E-state index contributed by atoms with van der Waals surface area (Å²) in [6.07, 6.45) is 0.379. The number of likely N-dealkylation sites (tertiary alicyclic amines) is 1. The largest absolute Gasteiger partial charge is 0.493 e. The van der Waals surface area contributed by atoms with Crippen LogP contribution in [0.3, 0.4) is 0 Å². The molecular weight excluding hydrogens is 510 g/mol. The van der Waals surface area contributed by atoms with Crippen LogP contribution in [0.1, 0.15) is 44.4 Å². The third-order valence-electron chi connectivity index (χ3n) is 7.69. The highest BCUT2D eigenvalue weighted by Gasteiger charge is 2.54. The van der Waals surface area contributed by atoms with E-state index in [0.717, 1.165) is 48.6 Å². The number of methoxy groups -OCH3 is 2. The average molecular weight is 550 g/mol. The molecule has 1 unspecified atom stereocenters. The van der Waals surface area contributed by atoms with Crippen molar-refractivity contribution in [2.75, 3.05) is 52.3 Å². The quantitative estimate of drug-likeness (QED) is 0.617. The average Bonchev–Trinajstić information content (AvgIpc) is 3.00. The van der Waals surface area contributed by atoms with Crippen LogP contribution < -0.4 is 19.7 Å². The number of hydrazone groups is 1. The minimum Gasteiger partial charge on any atom is -0.493 e. The molecule has 40 heavy (non-hydrogen) atoms. The Labute approximate surface area is 235 Å². The van der Waals surface area contributed by atoms with E-state index in [4.69, 9.17) is 19.3 Å². The van der Waals surface area contributed by atoms with Gasteiger partial charge in [0.25, 0.3) is 0 Å². The second-order valence-electron chi connectivity index (χ2n) is 12.0. The fourth-order valence-electron chi connectivity index (χ4n) is 5.74. The van der Waals surface area contributed by atoms with Crippen LogP contribution in [0.5, 0.6) is 11.5 Å². The minimum atomic E-state index is -0.484. The molecule has 2 saturated heterocycles. The van der Waals surface area contributed by atoms with Crippen molar-refractivity contribution in [3.05, 3.63) is 53.1 Å². The zero-order valence-electron chi connectivity index (χ0n) is 24.4. The highest BCUT2D eigenvalue weighted by Crippen LogP contribution is 2.42. The van der Waals surface area contributed by atoms with E-state index in [9.17, 15) is 9.59 Å². The maximum absolute atomic E-state index is 12.7. The molecule has 1 N–H and O–H groups in total. The van der Waals surface area contributed by atoms with Crippen LogP contribution in [0.15, 0.2) is 41.5 Å². The molecule has 10 nitrogen and oxygen atoms in total. The second kappa shape index (κ2) is 10.2. The Kier molecular flexibility index (Phi) is 7.06. The van der Waals surface area contributed by atoms with Crippen LogP contribution in [0.4, 0.5) is 15.3 Å². The van der Waals surface area contributed by atoms with Gasteiger partial charge in [0, 0.05) is 55.5 Å². The van der Waals surface area contributed by atoms with Gasteiger partial charge in [-0.1, -0.05) is 12.1 Å². The SMILES string of the molecule is CNC(=O)N1N=C(c2ccc(N3CC4(CN(C(=O)OC(C)(C)C)C4)C3)cc2)c2cc(OC)c(OC)cc2CC1C. The van der Waals surface area contributed by atoms with Crippen molar-refractivity contribution in [1.82, 2.24) is 15.2 Å². The maximum atomic E-state index is 12.7. The lowest BCUT2D eigenvalue weighted by Crippen LogP contribution is -2.73. The summed E-state index contributed by atoms with van der Waals surface area (Å²) in [4.78, 5) is 29.2. The van der Waals surface area contributed by atoms with E-state index in [2.05, 4.69) is 22.3 Å². The van der Waals surface area contributed by atoms with Gasteiger partial charge in [-0.2, -0.15) is 5.10 Å². The van der Waals surface area contributed by atoms with Crippen molar-refractivity contribution in [3.63, 3.8) is 0 Å². The first-order valence-electron chi connectivity index (χ1n) is 13.6. The zero-order chi connectivity index (χ0) is 28.8. The van der Waals surface area contributed by atoms with Crippen LogP contribution in [-0.4, -0.2) is 86.8 Å². The van der Waals surface area contributed by atoms with Crippen molar-refractivity contribution in [3.8, 4) is 11.5 Å². The van der Waals surface area contributed by atoms with Gasteiger partial charge >= 0.3 is 12.1 Å². The Morgan fingerprint density at radius 1 is 1.00 bits per heavy atom. The summed E-state index contributed by atoms with van der Waals surface area (Å²) < 4.78 is 16.6. The monoisotopic (exact) mass is 549 g/mol. The number of hydrogen-bond donors (Lipinski definition) is 1. The predicted octanol–water partition coefficient (Wildman–Crippen LogP) is 4.10. The summed E-state index contributed by atoms with van der Waals surface area (Å²) in [6.45, 7) is 10.9. The summed E-state index contributed by atoms with van der Waals surface area (Å²) in [7, 11) is 4.84. The number of hydrogen-bond acceptors (Lipinski definition) is 7.